The first-order valence-electron chi connectivity index (χ1n) is 4.75. The molecule has 0 saturated carbocycles. The van der Waals surface area contributed by atoms with E-state index in [-0.39, 0.29) is 11.7 Å². The van der Waals surface area contributed by atoms with Gasteiger partial charge in [-0.1, -0.05) is 12.1 Å². The Labute approximate surface area is 97.1 Å². The lowest BCUT2D eigenvalue weighted by atomic mass is 9.93. The van der Waals surface area contributed by atoms with Crippen LogP contribution in [0.2, 0.25) is 0 Å². The first kappa shape index (κ1) is 10.8. The maximum absolute atomic E-state index is 13.1. The third kappa shape index (κ3) is 2.29. The molecule has 1 unspecified atom stereocenters. The summed E-state index contributed by atoms with van der Waals surface area (Å²) in [5, 5.41) is 0. The lowest BCUT2D eigenvalue weighted by Gasteiger charge is -2.21. The second-order valence-corrected chi connectivity index (χ2v) is 4.38. The molecule has 0 spiro atoms. The summed E-state index contributed by atoms with van der Waals surface area (Å²) < 4.78 is 18.8. The SMILES string of the molecule is [CH2]C1COCC=C1c1ccc(F)c(Br)c1. The van der Waals surface area contributed by atoms with E-state index in [1.165, 1.54) is 6.07 Å². The highest BCUT2D eigenvalue weighted by Gasteiger charge is 2.15. The van der Waals surface area contributed by atoms with Crippen LogP contribution in [0.25, 0.3) is 5.57 Å². The third-order valence-corrected chi connectivity index (χ3v) is 3.04. The average Bonchev–Trinajstić information content (AvgIpc) is 2.23. The van der Waals surface area contributed by atoms with Gasteiger partial charge in [0, 0.05) is 5.92 Å². The molecule has 0 saturated heterocycles. The lowest BCUT2D eigenvalue weighted by molar-refractivity contribution is 0.142. The Morgan fingerprint density at radius 3 is 2.93 bits per heavy atom. The van der Waals surface area contributed by atoms with Crippen LogP contribution in [0.5, 0.6) is 0 Å². The van der Waals surface area contributed by atoms with Crippen molar-refractivity contribution in [3.8, 4) is 0 Å². The highest BCUT2D eigenvalue weighted by molar-refractivity contribution is 9.10. The predicted octanol–water partition coefficient (Wildman–Crippen LogP) is 3.45. The van der Waals surface area contributed by atoms with Gasteiger partial charge in [-0.3, -0.25) is 0 Å². The average molecular weight is 270 g/mol. The summed E-state index contributed by atoms with van der Waals surface area (Å²) in [6, 6.07) is 5.02. The Kier molecular flexibility index (Phi) is 3.22. The Morgan fingerprint density at radius 1 is 1.47 bits per heavy atom. The molecule has 1 radical (unpaired) electrons. The predicted molar refractivity (Wildman–Crippen MR) is 61.7 cm³/mol. The number of halogens is 2. The molecule has 1 aromatic carbocycles. The second-order valence-electron chi connectivity index (χ2n) is 3.52. The standard InChI is InChI=1S/C12H11BrFO/c1-8-7-15-5-4-10(8)9-2-3-12(14)11(13)6-9/h2-4,6,8H,1,5,7H2. The summed E-state index contributed by atoms with van der Waals surface area (Å²) in [5.74, 6) is -0.122. The first-order chi connectivity index (χ1) is 7.18. The van der Waals surface area contributed by atoms with Gasteiger partial charge in [-0.25, -0.2) is 4.39 Å². The van der Waals surface area contributed by atoms with Gasteiger partial charge in [0.1, 0.15) is 5.82 Å². The van der Waals surface area contributed by atoms with Crippen molar-refractivity contribution in [1.29, 1.82) is 0 Å². The fraction of sp³-hybridized carbons (Fsp3) is 0.250. The van der Waals surface area contributed by atoms with Crippen molar-refractivity contribution in [2.75, 3.05) is 13.2 Å². The molecule has 2 rings (SSSR count). The van der Waals surface area contributed by atoms with Crippen molar-refractivity contribution in [2.45, 2.75) is 0 Å². The molecule has 1 nitrogen and oxygen atoms in total. The zero-order chi connectivity index (χ0) is 10.8. The second kappa shape index (κ2) is 4.45. The maximum atomic E-state index is 13.1. The summed E-state index contributed by atoms with van der Waals surface area (Å²) in [7, 11) is 0. The Bertz CT molecular complexity index is 401. The molecule has 79 valence electrons. The van der Waals surface area contributed by atoms with Gasteiger partial charge >= 0.3 is 0 Å². The molecule has 0 aromatic heterocycles. The van der Waals surface area contributed by atoms with E-state index < -0.39 is 0 Å². The molecule has 0 amide bonds. The number of rotatable bonds is 1. The summed E-state index contributed by atoms with van der Waals surface area (Å²) in [6.07, 6.45) is 2.00. The number of ether oxygens (including phenoxy) is 1. The van der Waals surface area contributed by atoms with E-state index in [0.29, 0.717) is 17.7 Å². The monoisotopic (exact) mass is 269 g/mol. The van der Waals surface area contributed by atoms with E-state index >= 15 is 0 Å². The normalized spacial score (nSPS) is 21.3. The molecule has 1 heterocycles. The molecule has 0 fully saturated rings. The minimum absolute atomic E-state index is 0.121. The van der Waals surface area contributed by atoms with Gasteiger partial charge in [0.25, 0.3) is 0 Å². The third-order valence-electron chi connectivity index (χ3n) is 2.43. The summed E-state index contributed by atoms with van der Waals surface area (Å²) in [5.41, 5.74) is 2.13. The minimum atomic E-state index is -0.243. The molecule has 0 N–H and O–H groups in total. The van der Waals surface area contributed by atoms with Gasteiger partial charge < -0.3 is 4.74 Å². The van der Waals surface area contributed by atoms with E-state index in [1.807, 2.05) is 6.08 Å². The molecule has 0 bridgehead atoms. The van der Waals surface area contributed by atoms with E-state index in [1.54, 1.807) is 12.1 Å². The quantitative estimate of drug-likeness (QED) is 0.759. The molecule has 1 aromatic rings. The zero-order valence-corrected chi connectivity index (χ0v) is 9.76. The van der Waals surface area contributed by atoms with Gasteiger partial charge in [-0.15, -0.1) is 0 Å². The fourth-order valence-electron chi connectivity index (χ4n) is 1.64. The van der Waals surface area contributed by atoms with E-state index in [4.69, 9.17) is 4.74 Å². The highest BCUT2D eigenvalue weighted by Crippen LogP contribution is 2.29. The fourth-order valence-corrected chi connectivity index (χ4v) is 2.02. The van der Waals surface area contributed by atoms with E-state index in [9.17, 15) is 4.39 Å². The van der Waals surface area contributed by atoms with Gasteiger partial charge in [0.05, 0.1) is 17.7 Å². The van der Waals surface area contributed by atoms with Crippen LogP contribution in [-0.2, 0) is 4.74 Å². The lowest BCUT2D eigenvalue weighted by Crippen LogP contribution is -2.14. The number of hydrogen-bond donors (Lipinski definition) is 0. The smallest absolute Gasteiger partial charge is 0.137 e. The van der Waals surface area contributed by atoms with Crippen molar-refractivity contribution in [1.82, 2.24) is 0 Å². The van der Waals surface area contributed by atoms with Gasteiger partial charge in [0.2, 0.25) is 0 Å². The largest absolute Gasteiger partial charge is 0.377 e. The number of hydrogen-bond acceptors (Lipinski definition) is 1. The molecule has 1 atom stereocenters. The minimum Gasteiger partial charge on any atom is -0.377 e. The maximum Gasteiger partial charge on any atom is 0.137 e. The molecule has 3 heteroatoms. The summed E-state index contributed by atoms with van der Waals surface area (Å²) >= 11 is 3.18. The summed E-state index contributed by atoms with van der Waals surface area (Å²) in [4.78, 5) is 0. The van der Waals surface area contributed by atoms with Crippen LogP contribution >= 0.6 is 15.9 Å². The summed E-state index contributed by atoms with van der Waals surface area (Å²) in [6.45, 7) is 5.24. The van der Waals surface area contributed by atoms with Crippen molar-refractivity contribution in [3.05, 3.63) is 47.1 Å². The zero-order valence-electron chi connectivity index (χ0n) is 8.17. The van der Waals surface area contributed by atoms with Crippen molar-refractivity contribution in [3.63, 3.8) is 0 Å². The van der Waals surface area contributed by atoms with Crippen LogP contribution in [0, 0.1) is 18.7 Å². The number of benzene rings is 1. The first-order valence-corrected chi connectivity index (χ1v) is 5.54. The van der Waals surface area contributed by atoms with Crippen LogP contribution in [0.1, 0.15) is 5.56 Å². The van der Waals surface area contributed by atoms with Crippen LogP contribution in [0.4, 0.5) is 4.39 Å². The van der Waals surface area contributed by atoms with Gasteiger partial charge in [-0.05, 0) is 46.1 Å². The van der Waals surface area contributed by atoms with Crippen LogP contribution < -0.4 is 0 Å². The highest BCUT2D eigenvalue weighted by atomic mass is 79.9. The van der Waals surface area contributed by atoms with Crippen molar-refractivity contribution in [2.24, 2.45) is 5.92 Å². The Morgan fingerprint density at radius 2 is 2.27 bits per heavy atom. The Hall–Kier alpha value is -0.670. The molecule has 1 aliphatic heterocycles. The van der Waals surface area contributed by atoms with Crippen LogP contribution in [-0.4, -0.2) is 13.2 Å². The van der Waals surface area contributed by atoms with Crippen LogP contribution in [0.15, 0.2) is 28.7 Å². The van der Waals surface area contributed by atoms with Gasteiger partial charge in [0.15, 0.2) is 0 Å². The molecule has 15 heavy (non-hydrogen) atoms. The topological polar surface area (TPSA) is 9.23 Å². The van der Waals surface area contributed by atoms with E-state index in [0.717, 1.165) is 11.1 Å². The molecular formula is C12H11BrFO. The van der Waals surface area contributed by atoms with Crippen molar-refractivity contribution < 1.29 is 9.13 Å². The Balaban J connectivity index is 2.36. The molecule has 1 aliphatic rings. The van der Waals surface area contributed by atoms with E-state index in [2.05, 4.69) is 22.9 Å². The van der Waals surface area contributed by atoms with Gasteiger partial charge in [-0.2, -0.15) is 0 Å². The van der Waals surface area contributed by atoms with Crippen LogP contribution in [0.3, 0.4) is 0 Å². The van der Waals surface area contributed by atoms with Crippen molar-refractivity contribution >= 4 is 21.5 Å². The molecular weight excluding hydrogens is 259 g/mol. The molecule has 0 aliphatic carbocycles.